The minimum absolute atomic E-state index is 0.0740. The van der Waals surface area contributed by atoms with Gasteiger partial charge in [0.05, 0.1) is 5.69 Å². The first kappa shape index (κ1) is 13.9. The van der Waals surface area contributed by atoms with Crippen LogP contribution in [0.2, 0.25) is 0 Å². The van der Waals surface area contributed by atoms with Crippen molar-refractivity contribution >= 4 is 22.6 Å². The van der Waals surface area contributed by atoms with Crippen molar-refractivity contribution in [3.05, 3.63) is 65.2 Å². The van der Waals surface area contributed by atoms with E-state index in [1.165, 1.54) is 12.1 Å². The highest BCUT2D eigenvalue weighted by Crippen LogP contribution is 2.21. The van der Waals surface area contributed by atoms with Crippen molar-refractivity contribution in [2.75, 3.05) is 0 Å². The molecule has 5 nitrogen and oxygen atoms in total. The highest BCUT2D eigenvalue weighted by atomic mass is 16.3. The lowest BCUT2D eigenvalue weighted by Gasteiger charge is -2.03. The first-order chi connectivity index (χ1) is 10.5. The van der Waals surface area contributed by atoms with Gasteiger partial charge in [0.15, 0.2) is 0 Å². The molecule has 110 valence electrons. The number of para-hydroxylation sites is 1. The zero-order chi connectivity index (χ0) is 15.7. The zero-order valence-electron chi connectivity index (χ0n) is 11.9. The first-order valence-corrected chi connectivity index (χ1v) is 6.71. The molecule has 0 atom stereocenters. The van der Waals surface area contributed by atoms with Crippen molar-refractivity contribution in [1.29, 1.82) is 0 Å². The van der Waals surface area contributed by atoms with Crippen LogP contribution in [0.5, 0.6) is 5.75 Å². The highest BCUT2D eigenvalue weighted by Gasteiger charge is 2.10. The number of hydrogen-bond donors (Lipinski definition) is 2. The van der Waals surface area contributed by atoms with E-state index in [0.717, 1.165) is 5.56 Å². The molecule has 5 heteroatoms. The molecule has 1 amide bonds. The normalized spacial score (nSPS) is 11.8. The molecule has 0 radical (unpaired) electrons. The van der Waals surface area contributed by atoms with E-state index in [-0.39, 0.29) is 16.9 Å². The van der Waals surface area contributed by atoms with E-state index in [0.29, 0.717) is 16.7 Å². The van der Waals surface area contributed by atoms with Gasteiger partial charge in [0.1, 0.15) is 16.9 Å². The Hall–Kier alpha value is -3.08. The summed E-state index contributed by atoms with van der Waals surface area (Å²) in [5, 5.41) is 10.2. The van der Waals surface area contributed by atoms with Gasteiger partial charge in [-0.05, 0) is 36.8 Å². The Morgan fingerprint density at radius 3 is 2.68 bits per heavy atom. The fourth-order valence-corrected chi connectivity index (χ4v) is 2.16. The molecule has 0 aliphatic heterocycles. The third-order valence-corrected chi connectivity index (χ3v) is 3.34. The summed E-state index contributed by atoms with van der Waals surface area (Å²) < 4.78 is 5.67. The van der Waals surface area contributed by atoms with Gasteiger partial charge < -0.3 is 15.3 Å². The van der Waals surface area contributed by atoms with Crippen LogP contribution in [-0.4, -0.2) is 11.0 Å². The van der Waals surface area contributed by atoms with Gasteiger partial charge in [-0.1, -0.05) is 18.2 Å². The number of nitrogens with two attached hydrogens (primary N) is 1. The van der Waals surface area contributed by atoms with E-state index in [4.69, 9.17) is 10.2 Å². The molecule has 1 heterocycles. The molecule has 1 aromatic heterocycles. The lowest BCUT2D eigenvalue weighted by molar-refractivity contribution is 0.0996. The summed E-state index contributed by atoms with van der Waals surface area (Å²) in [4.78, 5) is 16.1. The Labute approximate surface area is 126 Å². The molecule has 3 rings (SSSR count). The fourth-order valence-electron chi connectivity index (χ4n) is 2.16. The molecule has 0 aliphatic carbocycles. The van der Waals surface area contributed by atoms with Crippen molar-refractivity contribution in [2.24, 2.45) is 10.7 Å². The third-order valence-electron chi connectivity index (χ3n) is 3.34. The van der Waals surface area contributed by atoms with E-state index < -0.39 is 5.91 Å². The Balaban J connectivity index is 2.33. The number of benzene rings is 2. The molecule has 0 unspecified atom stereocenters. The summed E-state index contributed by atoms with van der Waals surface area (Å²) in [6, 6.07) is 13.7. The summed E-state index contributed by atoms with van der Waals surface area (Å²) in [7, 11) is 0. The van der Waals surface area contributed by atoms with Crippen LogP contribution >= 0.6 is 0 Å². The van der Waals surface area contributed by atoms with Crippen LogP contribution in [0.25, 0.3) is 11.0 Å². The second-order valence-electron chi connectivity index (χ2n) is 4.95. The van der Waals surface area contributed by atoms with Crippen LogP contribution < -0.4 is 11.3 Å². The lowest BCUT2D eigenvalue weighted by atomic mass is 10.1. The first-order valence-electron chi connectivity index (χ1n) is 6.71. The monoisotopic (exact) mass is 294 g/mol. The Kier molecular flexibility index (Phi) is 3.39. The van der Waals surface area contributed by atoms with Crippen LogP contribution in [0.15, 0.2) is 57.9 Å². The number of aromatic hydroxyl groups is 1. The maximum Gasteiger partial charge on any atom is 0.254 e. The Morgan fingerprint density at radius 2 is 1.95 bits per heavy atom. The minimum Gasteiger partial charge on any atom is -0.508 e. The molecule has 2 aromatic carbocycles. The summed E-state index contributed by atoms with van der Waals surface area (Å²) in [6.07, 6.45) is 0. The van der Waals surface area contributed by atoms with Crippen molar-refractivity contribution in [1.82, 2.24) is 0 Å². The van der Waals surface area contributed by atoms with Gasteiger partial charge in [-0.2, -0.15) is 0 Å². The van der Waals surface area contributed by atoms with Crippen molar-refractivity contribution < 1.29 is 14.3 Å². The van der Waals surface area contributed by atoms with Gasteiger partial charge in [0, 0.05) is 11.5 Å². The molecule has 3 aromatic rings. The lowest BCUT2D eigenvalue weighted by Crippen LogP contribution is -2.21. The molecule has 0 spiro atoms. The minimum atomic E-state index is -0.619. The molecular formula is C17H14N2O3. The summed E-state index contributed by atoms with van der Waals surface area (Å²) >= 11 is 0. The number of hydrogen-bond acceptors (Lipinski definition) is 4. The van der Waals surface area contributed by atoms with E-state index in [2.05, 4.69) is 4.99 Å². The van der Waals surface area contributed by atoms with Crippen LogP contribution in [0, 0.1) is 6.92 Å². The molecule has 22 heavy (non-hydrogen) atoms. The number of nitrogens with zero attached hydrogens (tertiary/aromatic N) is 1. The number of carbonyl (C=O) groups is 1. The highest BCUT2D eigenvalue weighted by molar-refractivity contribution is 5.95. The van der Waals surface area contributed by atoms with Crippen molar-refractivity contribution in [2.45, 2.75) is 6.92 Å². The molecule has 0 fully saturated rings. The molecular weight excluding hydrogens is 280 g/mol. The van der Waals surface area contributed by atoms with Crippen molar-refractivity contribution in [3.8, 4) is 5.75 Å². The molecule has 0 saturated carbocycles. The van der Waals surface area contributed by atoms with Gasteiger partial charge >= 0.3 is 0 Å². The number of amides is 1. The zero-order valence-corrected chi connectivity index (χ0v) is 11.9. The quantitative estimate of drug-likeness (QED) is 0.761. The largest absolute Gasteiger partial charge is 0.508 e. The summed E-state index contributed by atoms with van der Waals surface area (Å²) in [5.74, 6) is -0.545. The number of phenolic OH excluding ortho intramolecular Hbond substituents is 1. The van der Waals surface area contributed by atoms with E-state index in [9.17, 15) is 9.90 Å². The number of phenols is 1. The number of rotatable bonds is 2. The molecule has 3 N–H and O–H groups in total. The fraction of sp³-hybridized carbons (Fsp3) is 0.0588. The molecule has 0 saturated heterocycles. The van der Waals surface area contributed by atoms with Crippen LogP contribution in [0.4, 0.5) is 5.69 Å². The van der Waals surface area contributed by atoms with Gasteiger partial charge in [0.2, 0.25) is 5.55 Å². The van der Waals surface area contributed by atoms with Crippen LogP contribution in [0.1, 0.15) is 15.9 Å². The van der Waals surface area contributed by atoms with E-state index in [1.54, 1.807) is 12.1 Å². The van der Waals surface area contributed by atoms with Gasteiger partial charge in [0.25, 0.3) is 5.91 Å². The second-order valence-corrected chi connectivity index (χ2v) is 4.95. The number of primary amides is 1. The third kappa shape index (κ3) is 2.56. The maximum absolute atomic E-state index is 11.7. The summed E-state index contributed by atoms with van der Waals surface area (Å²) in [6.45, 7) is 1.91. The van der Waals surface area contributed by atoms with Gasteiger partial charge in [-0.15, -0.1) is 0 Å². The van der Waals surface area contributed by atoms with Gasteiger partial charge in [-0.25, -0.2) is 4.99 Å². The number of carbonyl (C=O) groups excluding carboxylic acids is 1. The molecule has 0 bridgehead atoms. The second kappa shape index (κ2) is 5.37. The number of fused-ring (bicyclic) bond motifs is 1. The van der Waals surface area contributed by atoms with Gasteiger partial charge in [-0.3, -0.25) is 4.79 Å². The average Bonchev–Trinajstić information content (AvgIpc) is 2.48. The Morgan fingerprint density at radius 1 is 1.18 bits per heavy atom. The van der Waals surface area contributed by atoms with Crippen molar-refractivity contribution in [3.63, 3.8) is 0 Å². The predicted octanol–water partition coefficient (Wildman–Crippen LogP) is 2.78. The van der Waals surface area contributed by atoms with Crippen LogP contribution in [0.3, 0.4) is 0 Å². The molecule has 0 aliphatic rings. The number of aryl methyl sites for hydroxylation is 1. The predicted molar refractivity (Wildman–Crippen MR) is 82.8 cm³/mol. The summed E-state index contributed by atoms with van der Waals surface area (Å²) in [5.41, 5.74) is 7.80. The van der Waals surface area contributed by atoms with Crippen LogP contribution in [-0.2, 0) is 0 Å². The Bertz CT molecular complexity index is 942. The average molecular weight is 294 g/mol. The standard InChI is InChI=1S/C17H14N2O3/c1-10-4-2-3-5-14(10)19-17-13(16(18)21)8-11-6-7-12(20)9-15(11)22-17/h2-9,20H,1H3,(H2,18,21). The van der Waals surface area contributed by atoms with E-state index >= 15 is 0 Å². The van der Waals surface area contributed by atoms with E-state index in [1.807, 2.05) is 31.2 Å². The topological polar surface area (TPSA) is 88.8 Å². The maximum atomic E-state index is 11.7. The SMILES string of the molecule is Cc1ccccc1N=c1oc2cc(O)ccc2cc1C(N)=O. The smallest absolute Gasteiger partial charge is 0.254 e.